The third-order valence-electron chi connectivity index (χ3n) is 5.00. The van der Waals surface area contributed by atoms with E-state index in [4.69, 9.17) is 4.52 Å². The quantitative estimate of drug-likeness (QED) is 0.442. The van der Waals surface area contributed by atoms with Gasteiger partial charge in [0.1, 0.15) is 0 Å². The van der Waals surface area contributed by atoms with Gasteiger partial charge in [-0.2, -0.15) is 4.98 Å². The van der Waals surface area contributed by atoms with Gasteiger partial charge in [-0.05, 0) is 29.8 Å². The first-order valence-electron chi connectivity index (χ1n) is 10.2. The minimum Gasteiger partial charge on any atom is -0.343 e. The van der Waals surface area contributed by atoms with Crippen molar-refractivity contribution in [1.82, 2.24) is 25.4 Å². The first-order chi connectivity index (χ1) is 15.8. The summed E-state index contributed by atoms with van der Waals surface area (Å²) in [6, 6.07) is 24.8. The number of rotatable bonds is 6. The second-order valence-corrected chi connectivity index (χ2v) is 7.24. The van der Waals surface area contributed by atoms with Crippen LogP contribution in [0.15, 0.2) is 89.6 Å². The molecule has 7 nitrogen and oxygen atoms in total. The maximum absolute atomic E-state index is 13.1. The smallest absolute Gasteiger partial charge is 0.252 e. The number of para-hydroxylation sites is 1. The van der Waals surface area contributed by atoms with Crippen LogP contribution in [0.25, 0.3) is 22.3 Å². The predicted molar refractivity (Wildman–Crippen MR) is 120 cm³/mol. The fourth-order valence-corrected chi connectivity index (χ4v) is 3.47. The minimum atomic E-state index is -0.247. The minimum absolute atomic E-state index is 0.135. The van der Waals surface area contributed by atoms with Crippen LogP contribution in [-0.4, -0.2) is 26.0 Å². The number of nitrogens with zero attached hydrogens (tertiary/aromatic N) is 4. The Bertz CT molecular complexity index is 1370. The highest BCUT2D eigenvalue weighted by Crippen LogP contribution is 2.23. The Morgan fingerprint density at radius 1 is 0.875 bits per heavy atom. The van der Waals surface area contributed by atoms with Gasteiger partial charge in [0.25, 0.3) is 5.91 Å². The van der Waals surface area contributed by atoms with Crippen LogP contribution in [-0.2, 0) is 13.0 Å². The molecular formula is C25H19N5O2. The first kappa shape index (κ1) is 19.6. The number of carbonyl (C=O) groups is 1. The summed E-state index contributed by atoms with van der Waals surface area (Å²) in [5.41, 5.74) is 3.67. The molecule has 2 aromatic carbocycles. The lowest BCUT2D eigenvalue weighted by atomic mass is 10.1. The summed E-state index contributed by atoms with van der Waals surface area (Å²) < 4.78 is 5.31. The van der Waals surface area contributed by atoms with Crippen LogP contribution in [0.2, 0.25) is 0 Å². The molecule has 0 unspecified atom stereocenters. The molecule has 0 bridgehead atoms. The largest absolute Gasteiger partial charge is 0.343 e. The maximum atomic E-state index is 13.1. The molecule has 0 spiro atoms. The van der Waals surface area contributed by atoms with E-state index in [1.54, 1.807) is 12.3 Å². The van der Waals surface area contributed by atoms with Crippen molar-refractivity contribution in [3.05, 3.63) is 108 Å². The van der Waals surface area contributed by atoms with E-state index in [0.29, 0.717) is 35.1 Å². The van der Waals surface area contributed by atoms with Gasteiger partial charge < -0.3 is 9.84 Å². The van der Waals surface area contributed by atoms with E-state index < -0.39 is 0 Å². The van der Waals surface area contributed by atoms with Gasteiger partial charge in [-0.15, -0.1) is 0 Å². The molecule has 0 radical (unpaired) electrons. The highest BCUT2D eigenvalue weighted by Gasteiger charge is 2.15. The van der Waals surface area contributed by atoms with Gasteiger partial charge in [0.05, 0.1) is 29.0 Å². The molecule has 156 valence electrons. The zero-order chi connectivity index (χ0) is 21.8. The topological polar surface area (TPSA) is 93.8 Å². The van der Waals surface area contributed by atoms with Crippen molar-refractivity contribution in [3.63, 3.8) is 0 Å². The zero-order valence-corrected chi connectivity index (χ0v) is 17.1. The average Bonchev–Trinajstić information content (AvgIpc) is 3.30. The highest BCUT2D eigenvalue weighted by molar-refractivity contribution is 6.07. The summed E-state index contributed by atoms with van der Waals surface area (Å²) in [5, 5.41) is 7.65. The van der Waals surface area contributed by atoms with Crippen LogP contribution in [0.5, 0.6) is 0 Å². The van der Waals surface area contributed by atoms with E-state index in [9.17, 15) is 4.79 Å². The number of hydrogen-bond acceptors (Lipinski definition) is 6. The number of fused-ring (bicyclic) bond motifs is 1. The van der Waals surface area contributed by atoms with E-state index >= 15 is 0 Å². The van der Waals surface area contributed by atoms with Crippen molar-refractivity contribution in [3.8, 4) is 11.4 Å². The molecule has 7 heteroatoms. The van der Waals surface area contributed by atoms with E-state index in [2.05, 4.69) is 25.4 Å². The van der Waals surface area contributed by atoms with Gasteiger partial charge in [-0.25, -0.2) is 4.98 Å². The molecule has 1 amide bonds. The van der Waals surface area contributed by atoms with Gasteiger partial charge in [0.2, 0.25) is 5.89 Å². The van der Waals surface area contributed by atoms with Crippen LogP contribution in [0.1, 0.15) is 27.6 Å². The van der Waals surface area contributed by atoms with Gasteiger partial charge in [0, 0.05) is 18.0 Å². The summed E-state index contributed by atoms with van der Waals surface area (Å²) in [6.45, 7) is 0.135. The Morgan fingerprint density at radius 3 is 2.53 bits per heavy atom. The molecule has 0 aliphatic rings. The van der Waals surface area contributed by atoms with E-state index in [0.717, 1.165) is 16.5 Å². The van der Waals surface area contributed by atoms with Gasteiger partial charge in [-0.1, -0.05) is 59.8 Å². The Balaban J connectivity index is 1.36. The number of amides is 1. The molecule has 3 heterocycles. The second-order valence-electron chi connectivity index (χ2n) is 7.24. The molecule has 5 rings (SSSR count). The molecule has 0 aliphatic heterocycles. The van der Waals surface area contributed by atoms with Gasteiger partial charge in [-0.3, -0.25) is 9.78 Å². The maximum Gasteiger partial charge on any atom is 0.252 e. The standard InChI is InChI=1S/C25H19N5O2/c31-25(27-16-24-29-23(30-32-24)14-17-8-2-1-3-9-17)19-15-22(21-12-6-7-13-26-21)28-20-11-5-4-10-18(19)20/h1-13,15H,14,16H2,(H,27,31). The number of benzene rings is 2. The molecule has 0 aliphatic carbocycles. The lowest BCUT2D eigenvalue weighted by Crippen LogP contribution is -2.23. The molecule has 3 aromatic heterocycles. The monoisotopic (exact) mass is 421 g/mol. The molecule has 0 fully saturated rings. The second kappa shape index (κ2) is 8.77. The Hall–Kier alpha value is -4.39. The van der Waals surface area contributed by atoms with Crippen molar-refractivity contribution in [2.45, 2.75) is 13.0 Å². The summed E-state index contributed by atoms with van der Waals surface area (Å²) in [4.78, 5) is 26.5. The number of hydrogen-bond donors (Lipinski definition) is 1. The van der Waals surface area contributed by atoms with Crippen LogP contribution in [0, 0.1) is 0 Å². The summed E-state index contributed by atoms with van der Waals surface area (Å²) in [6.07, 6.45) is 2.27. The average molecular weight is 421 g/mol. The first-order valence-corrected chi connectivity index (χ1v) is 10.2. The normalized spacial score (nSPS) is 10.9. The van der Waals surface area contributed by atoms with E-state index in [-0.39, 0.29) is 12.5 Å². The lowest BCUT2D eigenvalue weighted by Gasteiger charge is -2.09. The van der Waals surface area contributed by atoms with Crippen molar-refractivity contribution in [2.24, 2.45) is 0 Å². The summed E-state index contributed by atoms with van der Waals surface area (Å²) >= 11 is 0. The SMILES string of the molecule is O=C(NCc1nc(Cc2ccccc2)no1)c1cc(-c2ccccn2)nc2ccccc12. The lowest BCUT2D eigenvalue weighted by molar-refractivity contribution is 0.0948. The molecule has 0 saturated heterocycles. The highest BCUT2D eigenvalue weighted by atomic mass is 16.5. The molecule has 32 heavy (non-hydrogen) atoms. The van der Waals surface area contributed by atoms with Crippen LogP contribution in [0.3, 0.4) is 0 Å². The summed E-state index contributed by atoms with van der Waals surface area (Å²) in [5.74, 6) is 0.684. The van der Waals surface area contributed by atoms with Crippen molar-refractivity contribution in [1.29, 1.82) is 0 Å². The van der Waals surface area contributed by atoms with Crippen LogP contribution >= 0.6 is 0 Å². The number of aromatic nitrogens is 4. The predicted octanol–water partition coefficient (Wildman–Crippen LogP) is 4.20. The van der Waals surface area contributed by atoms with Gasteiger partial charge in [0.15, 0.2) is 5.82 Å². The Morgan fingerprint density at radius 2 is 1.69 bits per heavy atom. The van der Waals surface area contributed by atoms with Crippen molar-refractivity contribution in [2.75, 3.05) is 0 Å². The molecule has 5 aromatic rings. The van der Waals surface area contributed by atoms with Crippen molar-refractivity contribution < 1.29 is 9.32 Å². The third-order valence-corrected chi connectivity index (χ3v) is 5.00. The van der Waals surface area contributed by atoms with Crippen molar-refractivity contribution >= 4 is 16.8 Å². The molecule has 0 atom stereocenters. The van der Waals surface area contributed by atoms with E-state index in [1.807, 2.05) is 72.8 Å². The number of carbonyl (C=O) groups excluding carboxylic acids is 1. The van der Waals surface area contributed by atoms with Crippen LogP contribution < -0.4 is 5.32 Å². The molecular weight excluding hydrogens is 402 g/mol. The third kappa shape index (κ3) is 4.22. The fraction of sp³-hybridized carbons (Fsp3) is 0.0800. The Labute approximate surface area is 184 Å². The molecule has 0 saturated carbocycles. The van der Waals surface area contributed by atoms with Crippen LogP contribution in [0.4, 0.5) is 0 Å². The summed E-state index contributed by atoms with van der Waals surface area (Å²) in [7, 11) is 0. The zero-order valence-electron chi connectivity index (χ0n) is 17.1. The number of nitrogens with one attached hydrogen (secondary N) is 1. The molecule has 1 N–H and O–H groups in total. The van der Waals surface area contributed by atoms with Gasteiger partial charge >= 0.3 is 0 Å². The Kier molecular flexibility index (Phi) is 5.36. The fourth-order valence-electron chi connectivity index (χ4n) is 3.47. The number of pyridine rings is 2. The van der Waals surface area contributed by atoms with E-state index in [1.165, 1.54) is 0 Å².